The third-order valence-corrected chi connectivity index (χ3v) is 4.81. The molecule has 7 heteroatoms. The maximum Gasteiger partial charge on any atom is 0.163 e. The minimum Gasteiger partial charge on any atom is -0.369 e. The number of hydrogen-bond donors (Lipinski definition) is 1. The van der Waals surface area contributed by atoms with Crippen LogP contribution in [-0.4, -0.2) is 35.8 Å². The maximum absolute atomic E-state index is 4.45. The van der Waals surface area contributed by atoms with Crippen molar-refractivity contribution >= 4 is 16.9 Å². The molecule has 3 heterocycles. The number of rotatable bonds is 5. The highest BCUT2D eigenvalue weighted by Crippen LogP contribution is 2.47. The summed E-state index contributed by atoms with van der Waals surface area (Å²) >= 11 is 0. The predicted molar refractivity (Wildman–Crippen MR) is 88.2 cm³/mol. The van der Waals surface area contributed by atoms with Crippen LogP contribution >= 0.6 is 0 Å². The number of hydrogen-bond acceptors (Lipinski definition) is 5. The zero-order valence-electron chi connectivity index (χ0n) is 13.7. The van der Waals surface area contributed by atoms with Gasteiger partial charge in [0.2, 0.25) is 0 Å². The molecule has 7 nitrogen and oxygen atoms in total. The van der Waals surface area contributed by atoms with Gasteiger partial charge in [0.1, 0.15) is 18.0 Å². The first kappa shape index (κ1) is 14.2. The number of anilines is 1. The quantitative estimate of drug-likeness (QED) is 0.781. The van der Waals surface area contributed by atoms with Crippen LogP contribution in [-0.2, 0) is 13.6 Å². The zero-order valence-corrected chi connectivity index (χ0v) is 13.7. The molecule has 3 aromatic heterocycles. The molecule has 3 aromatic rings. The van der Waals surface area contributed by atoms with Crippen LogP contribution in [0.1, 0.15) is 24.4 Å². The molecule has 0 amide bonds. The van der Waals surface area contributed by atoms with E-state index in [2.05, 4.69) is 43.1 Å². The summed E-state index contributed by atoms with van der Waals surface area (Å²) in [6.45, 7) is 5.96. The molecule has 0 bridgehead atoms. The Morgan fingerprint density at radius 2 is 2.04 bits per heavy atom. The number of nitrogens with one attached hydrogen (secondary N) is 1. The summed E-state index contributed by atoms with van der Waals surface area (Å²) in [4.78, 5) is 13.1. The van der Waals surface area contributed by atoms with Crippen LogP contribution in [0.3, 0.4) is 0 Å². The lowest BCUT2D eigenvalue weighted by Crippen LogP contribution is -2.22. The Hall–Kier alpha value is -2.44. The van der Waals surface area contributed by atoms with E-state index in [-0.39, 0.29) is 0 Å². The third kappa shape index (κ3) is 2.46. The molecule has 120 valence electrons. The van der Waals surface area contributed by atoms with Crippen molar-refractivity contribution < 1.29 is 0 Å². The Bertz CT molecular complexity index is 857. The predicted octanol–water partition coefficient (Wildman–Crippen LogP) is 2.07. The summed E-state index contributed by atoms with van der Waals surface area (Å²) in [6.07, 6.45) is 8.00. The highest BCUT2D eigenvalue weighted by molar-refractivity contribution is 5.89. The van der Waals surface area contributed by atoms with Gasteiger partial charge in [-0.15, -0.1) is 0 Å². The van der Waals surface area contributed by atoms with Gasteiger partial charge in [-0.25, -0.2) is 15.0 Å². The van der Waals surface area contributed by atoms with Gasteiger partial charge >= 0.3 is 0 Å². The Morgan fingerprint density at radius 1 is 1.22 bits per heavy atom. The van der Waals surface area contributed by atoms with E-state index in [9.17, 15) is 0 Å². The fourth-order valence-electron chi connectivity index (χ4n) is 3.18. The molecule has 0 atom stereocenters. The molecule has 1 saturated carbocycles. The van der Waals surface area contributed by atoms with Gasteiger partial charge in [-0.05, 0) is 26.7 Å². The molecule has 0 spiro atoms. The fraction of sp³-hybridized carbons (Fsp3) is 0.500. The first-order chi connectivity index (χ1) is 11.1. The Labute approximate surface area is 134 Å². The Morgan fingerprint density at radius 3 is 2.74 bits per heavy atom. The number of nitrogens with zero attached hydrogens (tertiary/aromatic N) is 6. The minimum atomic E-state index is 0.304. The van der Waals surface area contributed by atoms with Crippen LogP contribution < -0.4 is 5.32 Å². The van der Waals surface area contributed by atoms with E-state index < -0.39 is 0 Å². The van der Waals surface area contributed by atoms with E-state index in [1.165, 1.54) is 12.8 Å². The summed E-state index contributed by atoms with van der Waals surface area (Å²) in [5, 5.41) is 9.00. The Balaban J connectivity index is 1.54. The van der Waals surface area contributed by atoms with Crippen LogP contribution in [0.5, 0.6) is 0 Å². The van der Waals surface area contributed by atoms with E-state index in [0.717, 1.165) is 41.5 Å². The highest BCUT2D eigenvalue weighted by Gasteiger charge is 2.43. The fourth-order valence-corrected chi connectivity index (χ4v) is 3.18. The molecule has 1 aliphatic rings. The van der Waals surface area contributed by atoms with Crippen molar-refractivity contribution in [2.24, 2.45) is 12.5 Å². The molecule has 1 N–H and O–H groups in total. The van der Waals surface area contributed by atoms with Crippen molar-refractivity contribution in [2.75, 3.05) is 11.9 Å². The van der Waals surface area contributed by atoms with Crippen molar-refractivity contribution in [1.29, 1.82) is 0 Å². The van der Waals surface area contributed by atoms with Crippen LogP contribution in [0.15, 0.2) is 18.7 Å². The Kier molecular flexibility index (Phi) is 3.11. The normalized spacial score (nSPS) is 16.0. The first-order valence-electron chi connectivity index (χ1n) is 7.94. The van der Waals surface area contributed by atoms with E-state index in [0.29, 0.717) is 5.41 Å². The zero-order chi connectivity index (χ0) is 16.0. The van der Waals surface area contributed by atoms with Gasteiger partial charge < -0.3 is 9.88 Å². The molecular weight excluding hydrogens is 290 g/mol. The lowest BCUT2D eigenvalue weighted by atomic mass is 10.1. The summed E-state index contributed by atoms with van der Waals surface area (Å²) in [7, 11) is 1.91. The van der Waals surface area contributed by atoms with Crippen molar-refractivity contribution in [2.45, 2.75) is 33.2 Å². The van der Waals surface area contributed by atoms with E-state index in [1.54, 1.807) is 11.0 Å². The topological polar surface area (TPSA) is 73.5 Å². The van der Waals surface area contributed by atoms with E-state index >= 15 is 0 Å². The smallest absolute Gasteiger partial charge is 0.163 e. The van der Waals surface area contributed by atoms with Gasteiger partial charge in [-0.3, -0.25) is 4.68 Å². The van der Waals surface area contributed by atoms with Gasteiger partial charge in [-0.1, -0.05) is 0 Å². The van der Waals surface area contributed by atoms with Crippen LogP contribution in [0.4, 0.5) is 5.82 Å². The van der Waals surface area contributed by atoms with Crippen molar-refractivity contribution in [1.82, 2.24) is 29.3 Å². The molecular formula is C16H21N7. The van der Waals surface area contributed by atoms with Gasteiger partial charge in [0.15, 0.2) is 5.65 Å². The molecule has 1 fully saturated rings. The summed E-state index contributed by atoms with van der Waals surface area (Å²) < 4.78 is 4.04. The average Bonchev–Trinajstić information content (AvgIpc) is 3.09. The van der Waals surface area contributed by atoms with Crippen molar-refractivity contribution in [3.63, 3.8) is 0 Å². The molecule has 0 radical (unpaired) electrons. The van der Waals surface area contributed by atoms with E-state index in [4.69, 9.17) is 0 Å². The molecule has 0 aromatic carbocycles. The molecule has 0 saturated heterocycles. The first-order valence-corrected chi connectivity index (χ1v) is 7.94. The second-order valence-electron chi connectivity index (χ2n) is 6.59. The minimum absolute atomic E-state index is 0.304. The maximum atomic E-state index is 4.45. The molecule has 23 heavy (non-hydrogen) atoms. The number of fused-ring (bicyclic) bond motifs is 1. The molecule has 0 aliphatic heterocycles. The van der Waals surface area contributed by atoms with Gasteiger partial charge in [0, 0.05) is 37.9 Å². The van der Waals surface area contributed by atoms with Gasteiger partial charge in [0.25, 0.3) is 0 Å². The third-order valence-electron chi connectivity index (χ3n) is 4.81. The lowest BCUT2D eigenvalue weighted by Gasteiger charge is -2.18. The second kappa shape index (κ2) is 5.04. The molecule has 0 unspecified atom stereocenters. The average molecular weight is 311 g/mol. The van der Waals surface area contributed by atoms with Crippen LogP contribution in [0.2, 0.25) is 0 Å². The molecule has 1 aliphatic carbocycles. The molecule has 4 rings (SSSR count). The lowest BCUT2D eigenvalue weighted by molar-refractivity contribution is 0.438. The van der Waals surface area contributed by atoms with E-state index in [1.807, 2.05) is 20.2 Å². The van der Waals surface area contributed by atoms with Crippen LogP contribution in [0, 0.1) is 19.3 Å². The monoisotopic (exact) mass is 311 g/mol. The standard InChI is InChI=1S/C16H21N7/c1-11-13-14(19-10-20-15(13)22(3)21-11)18-8-16(4-5-16)9-23-7-6-17-12(23)2/h6-7,10H,4-5,8-9H2,1-3H3,(H,18,19,20). The summed E-state index contributed by atoms with van der Waals surface area (Å²) in [6, 6.07) is 0. The number of imidazole rings is 1. The van der Waals surface area contributed by atoms with Gasteiger partial charge in [0.05, 0.1) is 11.1 Å². The number of aromatic nitrogens is 6. The van der Waals surface area contributed by atoms with Crippen molar-refractivity contribution in [3.05, 3.63) is 30.2 Å². The number of aryl methyl sites for hydroxylation is 3. The summed E-state index contributed by atoms with van der Waals surface area (Å²) in [5.41, 5.74) is 2.13. The summed E-state index contributed by atoms with van der Waals surface area (Å²) in [5.74, 6) is 1.96. The van der Waals surface area contributed by atoms with Crippen molar-refractivity contribution in [3.8, 4) is 0 Å². The SMILES string of the molecule is Cc1nn(C)c2ncnc(NCC3(Cn4ccnc4C)CC3)c12. The van der Waals surface area contributed by atoms with Crippen LogP contribution in [0.25, 0.3) is 11.0 Å². The largest absolute Gasteiger partial charge is 0.369 e. The highest BCUT2D eigenvalue weighted by atomic mass is 15.3. The second-order valence-corrected chi connectivity index (χ2v) is 6.59. The van der Waals surface area contributed by atoms with Gasteiger partial charge in [-0.2, -0.15) is 5.10 Å².